The summed E-state index contributed by atoms with van der Waals surface area (Å²) in [5, 5.41) is 16.2. The Hall–Kier alpha value is -1.63. The van der Waals surface area contributed by atoms with Crippen molar-refractivity contribution in [3.8, 4) is 0 Å². The molecule has 1 aromatic rings. The highest BCUT2D eigenvalue weighted by Gasteiger charge is 2.24. The average Bonchev–Trinajstić information content (AvgIpc) is 2.66. The van der Waals surface area contributed by atoms with Crippen LogP contribution in [0.5, 0.6) is 0 Å². The van der Waals surface area contributed by atoms with Gasteiger partial charge in [0.15, 0.2) is 0 Å². The number of hydrogen-bond acceptors (Lipinski definition) is 4. The molecule has 1 aliphatic carbocycles. The van der Waals surface area contributed by atoms with Crippen molar-refractivity contribution in [3.63, 3.8) is 0 Å². The molecule has 1 aromatic heterocycles. The van der Waals surface area contributed by atoms with Gasteiger partial charge in [-0.1, -0.05) is 19.3 Å². The van der Waals surface area contributed by atoms with Crippen molar-refractivity contribution >= 4 is 5.91 Å². The Morgan fingerprint density at radius 2 is 2.20 bits per heavy atom. The molecule has 0 aliphatic heterocycles. The van der Waals surface area contributed by atoms with Gasteiger partial charge >= 0.3 is 5.69 Å². The van der Waals surface area contributed by atoms with Gasteiger partial charge in [-0.05, 0) is 12.8 Å². The molecule has 112 valence electrons. The second-order valence-corrected chi connectivity index (χ2v) is 5.44. The van der Waals surface area contributed by atoms with Crippen LogP contribution in [0.3, 0.4) is 0 Å². The third-order valence-electron chi connectivity index (χ3n) is 3.92. The first-order valence-electron chi connectivity index (χ1n) is 7.10. The van der Waals surface area contributed by atoms with Gasteiger partial charge in [0.25, 0.3) is 0 Å². The van der Waals surface area contributed by atoms with Crippen LogP contribution in [0.25, 0.3) is 0 Å². The maximum atomic E-state index is 12.0. The minimum absolute atomic E-state index is 0.00517. The van der Waals surface area contributed by atoms with Gasteiger partial charge in [0.05, 0.1) is 0 Å². The molecule has 1 amide bonds. The fourth-order valence-electron chi connectivity index (χ4n) is 2.71. The molecule has 0 spiro atoms. The highest BCUT2D eigenvalue weighted by molar-refractivity contribution is 5.75. The minimum atomic E-state index is -0.306. The van der Waals surface area contributed by atoms with Gasteiger partial charge < -0.3 is 10.4 Å². The van der Waals surface area contributed by atoms with E-state index >= 15 is 0 Å². The number of carbonyl (C=O) groups excluding carboxylic acids is 1. The monoisotopic (exact) mass is 282 g/mol. The summed E-state index contributed by atoms with van der Waals surface area (Å²) >= 11 is 0. The van der Waals surface area contributed by atoms with Crippen LogP contribution >= 0.6 is 0 Å². The number of carbonyl (C=O) groups is 1. The summed E-state index contributed by atoms with van der Waals surface area (Å²) in [6.45, 7) is 0.0167. The third kappa shape index (κ3) is 3.47. The van der Waals surface area contributed by atoms with E-state index in [0.29, 0.717) is 0 Å². The third-order valence-corrected chi connectivity index (χ3v) is 3.92. The molecular weight excluding hydrogens is 260 g/mol. The van der Waals surface area contributed by atoms with Crippen LogP contribution in [0.15, 0.2) is 11.1 Å². The lowest BCUT2D eigenvalue weighted by molar-refractivity contribution is -0.123. The van der Waals surface area contributed by atoms with Gasteiger partial charge in [-0.2, -0.15) is 5.10 Å². The lowest BCUT2D eigenvalue weighted by Gasteiger charge is -2.24. The molecule has 1 saturated carbocycles. The quantitative estimate of drug-likeness (QED) is 0.738. The van der Waals surface area contributed by atoms with E-state index in [-0.39, 0.29) is 36.7 Å². The van der Waals surface area contributed by atoms with Gasteiger partial charge in [-0.3, -0.25) is 9.36 Å². The standard InChI is InChI=1S/C13H22N4O3/c1-16-9-14-17(13(16)20)7-12(19)15-11-6-4-2-3-5-10(11)8-18/h9-11,18H,2-8H2,1H3,(H,15,19). The Morgan fingerprint density at radius 1 is 1.45 bits per heavy atom. The molecule has 7 heteroatoms. The van der Waals surface area contributed by atoms with Crippen LogP contribution in [-0.4, -0.2) is 38.0 Å². The fourth-order valence-corrected chi connectivity index (χ4v) is 2.71. The number of aliphatic hydroxyl groups is 1. The number of hydrogen-bond donors (Lipinski definition) is 2. The van der Waals surface area contributed by atoms with Crippen molar-refractivity contribution in [1.29, 1.82) is 0 Å². The SMILES string of the molecule is Cn1cnn(CC(=O)NC2CCCCCC2CO)c1=O. The van der Waals surface area contributed by atoms with E-state index in [1.165, 1.54) is 10.9 Å². The molecule has 0 radical (unpaired) electrons. The highest BCUT2D eigenvalue weighted by atomic mass is 16.3. The average molecular weight is 282 g/mol. The number of nitrogens with one attached hydrogen (secondary N) is 1. The van der Waals surface area contributed by atoms with Crippen LogP contribution in [0.1, 0.15) is 32.1 Å². The van der Waals surface area contributed by atoms with E-state index < -0.39 is 0 Å². The van der Waals surface area contributed by atoms with Gasteiger partial charge in [0.2, 0.25) is 5.91 Å². The van der Waals surface area contributed by atoms with Crippen molar-refractivity contribution in [2.24, 2.45) is 13.0 Å². The second-order valence-electron chi connectivity index (χ2n) is 5.44. The Labute approximate surface area is 117 Å². The number of amides is 1. The van der Waals surface area contributed by atoms with E-state index in [4.69, 9.17) is 0 Å². The molecule has 0 saturated heterocycles. The van der Waals surface area contributed by atoms with Crippen LogP contribution in [-0.2, 0) is 18.4 Å². The first-order valence-corrected chi connectivity index (χ1v) is 7.10. The van der Waals surface area contributed by atoms with Crippen LogP contribution in [0, 0.1) is 5.92 Å². The van der Waals surface area contributed by atoms with Crippen molar-refractivity contribution in [2.75, 3.05) is 6.61 Å². The lowest BCUT2D eigenvalue weighted by Crippen LogP contribution is -2.43. The van der Waals surface area contributed by atoms with Crippen LogP contribution in [0.4, 0.5) is 0 Å². The maximum absolute atomic E-state index is 12.0. The maximum Gasteiger partial charge on any atom is 0.345 e. The normalized spacial score (nSPS) is 23.3. The Bertz CT molecular complexity index is 508. The topological polar surface area (TPSA) is 89.2 Å². The van der Waals surface area contributed by atoms with E-state index in [0.717, 1.165) is 36.8 Å². The summed E-state index contributed by atoms with van der Waals surface area (Å²) in [6.07, 6.45) is 6.50. The molecule has 2 rings (SSSR count). The smallest absolute Gasteiger partial charge is 0.345 e. The predicted octanol–water partition coefficient (Wildman–Crippen LogP) is -0.361. The number of aryl methyl sites for hydroxylation is 1. The van der Waals surface area contributed by atoms with Gasteiger partial charge in [-0.15, -0.1) is 0 Å². The zero-order chi connectivity index (χ0) is 14.5. The first kappa shape index (κ1) is 14.8. The summed E-state index contributed by atoms with van der Waals surface area (Å²) < 4.78 is 2.47. The van der Waals surface area contributed by atoms with E-state index in [2.05, 4.69) is 10.4 Å². The molecule has 1 heterocycles. The van der Waals surface area contributed by atoms with Gasteiger partial charge in [-0.25, -0.2) is 9.48 Å². The Balaban J connectivity index is 1.95. The van der Waals surface area contributed by atoms with E-state index in [1.54, 1.807) is 7.05 Å². The predicted molar refractivity (Wildman–Crippen MR) is 73.1 cm³/mol. The molecule has 2 N–H and O–H groups in total. The lowest BCUT2D eigenvalue weighted by atomic mass is 9.95. The van der Waals surface area contributed by atoms with Crippen LogP contribution in [0.2, 0.25) is 0 Å². The summed E-state index contributed by atoms with van der Waals surface area (Å²) in [7, 11) is 1.59. The number of aliphatic hydroxyl groups excluding tert-OH is 1. The molecule has 2 unspecified atom stereocenters. The molecule has 0 aromatic carbocycles. The van der Waals surface area contributed by atoms with E-state index in [1.807, 2.05) is 0 Å². The minimum Gasteiger partial charge on any atom is -0.396 e. The summed E-state index contributed by atoms with van der Waals surface area (Å²) in [5.41, 5.74) is -0.306. The zero-order valence-electron chi connectivity index (χ0n) is 11.8. The molecule has 20 heavy (non-hydrogen) atoms. The number of nitrogens with zero attached hydrogens (tertiary/aromatic N) is 3. The van der Waals surface area contributed by atoms with Crippen molar-refractivity contribution in [2.45, 2.75) is 44.7 Å². The Morgan fingerprint density at radius 3 is 2.85 bits per heavy atom. The number of aromatic nitrogens is 3. The van der Waals surface area contributed by atoms with Gasteiger partial charge in [0.1, 0.15) is 12.9 Å². The zero-order valence-corrected chi connectivity index (χ0v) is 11.8. The second kappa shape index (κ2) is 6.69. The first-order chi connectivity index (χ1) is 9.61. The number of rotatable bonds is 4. The largest absolute Gasteiger partial charge is 0.396 e. The molecule has 2 atom stereocenters. The Kier molecular flexibility index (Phi) is 4.94. The molecule has 1 aliphatic rings. The summed E-state index contributed by atoms with van der Waals surface area (Å²) in [6, 6.07) is -0.00517. The van der Waals surface area contributed by atoms with E-state index in [9.17, 15) is 14.7 Å². The summed E-state index contributed by atoms with van der Waals surface area (Å²) in [5.74, 6) is -0.113. The molecule has 0 bridgehead atoms. The fraction of sp³-hybridized carbons (Fsp3) is 0.769. The van der Waals surface area contributed by atoms with Crippen molar-refractivity contribution in [1.82, 2.24) is 19.7 Å². The van der Waals surface area contributed by atoms with Crippen molar-refractivity contribution < 1.29 is 9.90 Å². The van der Waals surface area contributed by atoms with Gasteiger partial charge in [0, 0.05) is 25.6 Å². The molecule has 1 fully saturated rings. The summed E-state index contributed by atoms with van der Waals surface area (Å²) in [4.78, 5) is 23.6. The highest BCUT2D eigenvalue weighted by Crippen LogP contribution is 2.23. The van der Waals surface area contributed by atoms with Crippen LogP contribution < -0.4 is 11.0 Å². The van der Waals surface area contributed by atoms with Crippen molar-refractivity contribution in [3.05, 3.63) is 16.8 Å². The molecule has 7 nitrogen and oxygen atoms in total. The molecular formula is C13H22N4O3.